The number of benzene rings is 2. The molecule has 174 valence electrons. The monoisotopic (exact) mass is 494 g/mol. The van der Waals surface area contributed by atoms with Crippen molar-refractivity contribution in [3.05, 3.63) is 82.9 Å². The second kappa shape index (κ2) is 7.66. The minimum Gasteiger partial charge on any atom is -0.386 e. The molecule has 0 aliphatic rings. The molecule has 5 rings (SSSR count). The molecule has 3 aromatic heterocycles. The Hall–Kier alpha value is -3.20. The molecule has 0 radical (unpaired) electrons. The van der Waals surface area contributed by atoms with Crippen LogP contribution in [0.15, 0.2) is 65.8 Å². The Morgan fingerprint density at radius 2 is 1.71 bits per heavy atom. The summed E-state index contributed by atoms with van der Waals surface area (Å²) in [5, 5.41) is 10.8. The molecule has 0 atom stereocenters. The zero-order valence-electron chi connectivity index (χ0n) is 19.1. The smallest absolute Gasteiger partial charge is 0.269 e. The number of imidazole rings is 1. The maximum Gasteiger partial charge on any atom is 0.269 e. The SMILES string of the molecule is Cc1ccc(S(=O)(=O)n2ccc3c2ncc2c(-c4ccc(C(C)(C)O)cc4Cl)nc(C)n23)cc1. The van der Waals surface area contributed by atoms with Gasteiger partial charge in [0.25, 0.3) is 10.0 Å². The second-order valence-corrected chi connectivity index (χ2v) is 11.1. The number of aliphatic hydroxyl groups is 1. The Morgan fingerprint density at radius 3 is 2.35 bits per heavy atom. The summed E-state index contributed by atoms with van der Waals surface area (Å²) < 4.78 is 29.6. The Balaban J connectivity index is 1.69. The van der Waals surface area contributed by atoms with Crippen molar-refractivity contribution in [1.82, 2.24) is 18.3 Å². The quantitative estimate of drug-likeness (QED) is 0.376. The number of hydrogen-bond donors (Lipinski definition) is 1. The van der Waals surface area contributed by atoms with Crippen LogP contribution in [-0.2, 0) is 15.6 Å². The molecule has 34 heavy (non-hydrogen) atoms. The third kappa shape index (κ3) is 3.50. The van der Waals surface area contributed by atoms with E-state index < -0.39 is 15.6 Å². The van der Waals surface area contributed by atoms with Gasteiger partial charge in [-0.1, -0.05) is 41.4 Å². The van der Waals surface area contributed by atoms with Gasteiger partial charge in [0.05, 0.1) is 38.4 Å². The van der Waals surface area contributed by atoms with Crippen molar-refractivity contribution in [1.29, 1.82) is 0 Å². The van der Waals surface area contributed by atoms with Crippen LogP contribution in [0.25, 0.3) is 27.9 Å². The highest BCUT2D eigenvalue weighted by Crippen LogP contribution is 2.35. The molecule has 9 heteroatoms. The van der Waals surface area contributed by atoms with Gasteiger partial charge in [-0.2, -0.15) is 0 Å². The van der Waals surface area contributed by atoms with Crippen LogP contribution in [0.2, 0.25) is 5.02 Å². The summed E-state index contributed by atoms with van der Waals surface area (Å²) in [6.07, 6.45) is 3.12. The van der Waals surface area contributed by atoms with Crippen LogP contribution in [0.1, 0.15) is 30.8 Å². The van der Waals surface area contributed by atoms with Crippen LogP contribution in [-0.4, -0.2) is 31.9 Å². The van der Waals surface area contributed by atoms with Gasteiger partial charge in [0, 0.05) is 11.8 Å². The van der Waals surface area contributed by atoms with Crippen LogP contribution in [0.4, 0.5) is 0 Å². The van der Waals surface area contributed by atoms with Gasteiger partial charge < -0.3 is 5.11 Å². The van der Waals surface area contributed by atoms with Gasteiger partial charge in [-0.3, -0.25) is 4.40 Å². The molecule has 0 spiro atoms. The topological polar surface area (TPSA) is 89.5 Å². The molecule has 0 amide bonds. The Labute approximate surface area is 202 Å². The third-order valence-corrected chi connectivity index (χ3v) is 7.94. The van der Waals surface area contributed by atoms with Crippen LogP contribution in [0.3, 0.4) is 0 Å². The van der Waals surface area contributed by atoms with E-state index in [2.05, 4.69) is 4.98 Å². The van der Waals surface area contributed by atoms with Gasteiger partial charge in [-0.15, -0.1) is 0 Å². The maximum atomic E-state index is 13.3. The van der Waals surface area contributed by atoms with Crippen LogP contribution in [0, 0.1) is 13.8 Å². The molecule has 0 unspecified atom stereocenters. The van der Waals surface area contributed by atoms with E-state index in [1.165, 1.54) is 10.2 Å². The minimum atomic E-state index is -3.82. The third-order valence-electron chi connectivity index (χ3n) is 5.94. The summed E-state index contributed by atoms with van der Waals surface area (Å²) in [4.78, 5) is 9.42. The van der Waals surface area contributed by atoms with Gasteiger partial charge in [-0.25, -0.2) is 22.4 Å². The predicted molar refractivity (Wildman–Crippen MR) is 133 cm³/mol. The van der Waals surface area contributed by atoms with Crippen LogP contribution < -0.4 is 0 Å². The molecule has 0 fully saturated rings. The van der Waals surface area contributed by atoms with Crippen molar-refractivity contribution in [2.24, 2.45) is 0 Å². The lowest BCUT2D eigenvalue weighted by Gasteiger charge is -2.18. The van der Waals surface area contributed by atoms with Crippen molar-refractivity contribution < 1.29 is 13.5 Å². The molecule has 0 bridgehead atoms. The van der Waals surface area contributed by atoms with E-state index in [1.807, 2.05) is 30.4 Å². The maximum absolute atomic E-state index is 13.3. The normalized spacial score (nSPS) is 12.6. The minimum absolute atomic E-state index is 0.194. The van der Waals surface area contributed by atoms with E-state index in [9.17, 15) is 13.5 Å². The summed E-state index contributed by atoms with van der Waals surface area (Å²) in [7, 11) is -3.82. The molecule has 1 N–H and O–H groups in total. The van der Waals surface area contributed by atoms with Crippen LogP contribution >= 0.6 is 11.6 Å². The van der Waals surface area contributed by atoms with E-state index >= 15 is 0 Å². The lowest BCUT2D eigenvalue weighted by molar-refractivity contribution is 0.0786. The summed E-state index contributed by atoms with van der Waals surface area (Å²) >= 11 is 6.58. The fourth-order valence-corrected chi connectivity index (χ4v) is 5.66. The number of aryl methyl sites for hydroxylation is 2. The molecule has 0 aliphatic heterocycles. The highest BCUT2D eigenvalue weighted by molar-refractivity contribution is 7.90. The number of aromatic nitrogens is 4. The Kier molecular flexibility index (Phi) is 5.09. The fourth-order valence-electron chi connectivity index (χ4n) is 4.09. The van der Waals surface area contributed by atoms with E-state index in [1.54, 1.807) is 56.4 Å². The number of fused-ring (bicyclic) bond motifs is 3. The van der Waals surface area contributed by atoms with E-state index in [0.29, 0.717) is 44.3 Å². The van der Waals surface area contributed by atoms with Gasteiger partial charge >= 0.3 is 0 Å². The summed E-state index contributed by atoms with van der Waals surface area (Å²) in [5.74, 6) is 0.672. The predicted octanol–water partition coefficient (Wildman–Crippen LogP) is 5.09. The first-order valence-corrected chi connectivity index (χ1v) is 12.5. The molecular weight excluding hydrogens is 472 g/mol. The molecule has 0 saturated carbocycles. The van der Waals surface area contributed by atoms with Gasteiger partial charge in [0.15, 0.2) is 5.65 Å². The first kappa shape index (κ1) is 22.6. The zero-order chi connectivity index (χ0) is 24.4. The number of halogens is 1. The van der Waals surface area contributed by atoms with Crippen molar-refractivity contribution in [2.75, 3.05) is 0 Å². The highest BCUT2D eigenvalue weighted by atomic mass is 35.5. The van der Waals surface area contributed by atoms with Gasteiger partial charge in [0.2, 0.25) is 0 Å². The highest BCUT2D eigenvalue weighted by Gasteiger charge is 2.24. The molecule has 0 aliphatic carbocycles. The Bertz CT molecular complexity index is 1680. The van der Waals surface area contributed by atoms with Gasteiger partial charge in [-0.05, 0) is 57.5 Å². The molecule has 7 nitrogen and oxygen atoms in total. The lowest BCUT2D eigenvalue weighted by atomic mass is 9.96. The van der Waals surface area contributed by atoms with Crippen molar-refractivity contribution in [3.63, 3.8) is 0 Å². The zero-order valence-corrected chi connectivity index (χ0v) is 20.7. The first-order chi connectivity index (χ1) is 16.0. The fraction of sp³-hybridized carbons (Fsp3) is 0.200. The van der Waals surface area contributed by atoms with Crippen molar-refractivity contribution in [2.45, 2.75) is 38.2 Å². The van der Waals surface area contributed by atoms with Crippen LogP contribution in [0.5, 0.6) is 0 Å². The van der Waals surface area contributed by atoms with E-state index in [4.69, 9.17) is 16.6 Å². The Morgan fingerprint density at radius 1 is 1.00 bits per heavy atom. The summed E-state index contributed by atoms with van der Waals surface area (Å²) in [5.41, 5.74) is 3.62. The second-order valence-electron chi connectivity index (χ2n) is 8.88. The van der Waals surface area contributed by atoms with Crippen molar-refractivity contribution >= 4 is 38.3 Å². The average Bonchev–Trinajstić information content (AvgIpc) is 3.35. The summed E-state index contributed by atoms with van der Waals surface area (Å²) in [6.45, 7) is 7.15. The lowest BCUT2D eigenvalue weighted by Crippen LogP contribution is -2.15. The molecule has 0 saturated heterocycles. The number of hydrogen-bond acceptors (Lipinski definition) is 5. The average molecular weight is 495 g/mol. The summed E-state index contributed by atoms with van der Waals surface area (Å²) in [6, 6.07) is 13.8. The molecule has 2 aromatic carbocycles. The van der Waals surface area contributed by atoms with Crippen molar-refractivity contribution in [3.8, 4) is 11.3 Å². The molecule has 3 heterocycles. The number of nitrogens with zero attached hydrogens (tertiary/aromatic N) is 4. The standard InChI is InChI=1S/C25H23ClN4O3S/c1-15-5-8-18(9-6-15)34(32,33)29-12-11-21-24(29)27-14-22-23(28-16(2)30(21)22)19-10-7-17(13-20(19)26)25(3,4)31/h5-14,31H,1-4H3. The molecule has 5 aromatic rings. The van der Waals surface area contributed by atoms with E-state index in [-0.39, 0.29) is 4.90 Å². The first-order valence-electron chi connectivity index (χ1n) is 10.7. The number of rotatable bonds is 4. The largest absolute Gasteiger partial charge is 0.386 e. The molecular formula is C25H23ClN4O3S. The van der Waals surface area contributed by atoms with Gasteiger partial charge in [0.1, 0.15) is 5.82 Å². The van der Waals surface area contributed by atoms with E-state index in [0.717, 1.165) is 5.56 Å².